The van der Waals surface area contributed by atoms with Crippen LogP contribution in [0.1, 0.15) is 26.3 Å². The number of aromatic hydroxyl groups is 1. The van der Waals surface area contributed by atoms with E-state index in [1.54, 1.807) is 6.07 Å². The van der Waals surface area contributed by atoms with Crippen LogP contribution in [-0.4, -0.2) is 42.9 Å². The van der Waals surface area contributed by atoms with E-state index in [4.69, 9.17) is 9.47 Å². The van der Waals surface area contributed by atoms with Crippen LogP contribution in [0.2, 0.25) is 0 Å². The first kappa shape index (κ1) is 15.8. The van der Waals surface area contributed by atoms with Gasteiger partial charge in [0.25, 0.3) is 0 Å². The molecule has 0 aliphatic rings. The molecule has 0 aliphatic heterocycles. The van der Waals surface area contributed by atoms with Gasteiger partial charge in [0.05, 0.1) is 13.2 Å². The van der Waals surface area contributed by atoms with Crippen molar-refractivity contribution in [2.75, 3.05) is 32.9 Å². The molecule has 1 aromatic rings. The minimum absolute atomic E-state index is 0.197. The minimum atomic E-state index is 0.197. The largest absolute Gasteiger partial charge is 0.504 e. The SMILES string of the molecule is CCOCCN(CC)Cc1ccc(O)c(OCC)c1. The highest BCUT2D eigenvalue weighted by atomic mass is 16.5. The molecule has 0 aromatic heterocycles. The molecule has 0 spiro atoms. The summed E-state index contributed by atoms with van der Waals surface area (Å²) in [5.74, 6) is 0.754. The molecule has 0 radical (unpaired) electrons. The number of benzene rings is 1. The zero-order valence-electron chi connectivity index (χ0n) is 12.2. The van der Waals surface area contributed by atoms with Gasteiger partial charge in [0, 0.05) is 19.7 Å². The molecule has 108 valence electrons. The van der Waals surface area contributed by atoms with Gasteiger partial charge in [-0.05, 0) is 38.1 Å². The first-order valence-electron chi connectivity index (χ1n) is 6.96. The van der Waals surface area contributed by atoms with Gasteiger partial charge < -0.3 is 14.6 Å². The van der Waals surface area contributed by atoms with E-state index in [2.05, 4.69) is 11.8 Å². The number of phenolic OH excluding ortho intramolecular Hbond substituents is 1. The van der Waals surface area contributed by atoms with Crippen LogP contribution in [0.25, 0.3) is 0 Å². The molecule has 0 atom stereocenters. The minimum Gasteiger partial charge on any atom is -0.504 e. The van der Waals surface area contributed by atoms with Gasteiger partial charge in [-0.3, -0.25) is 4.90 Å². The second-order valence-corrected chi connectivity index (χ2v) is 4.30. The summed E-state index contributed by atoms with van der Waals surface area (Å²) in [6.07, 6.45) is 0. The van der Waals surface area contributed by atoms with E-state index in [-0.39, 0.29) is 5.75 Å². The zero-order chi connectivity index (χ0) is 14.1. The maximum absolute atomic E-state index is 9.67. The second kappa shape index (κ2) is 8.77. The van der Waals surface area contributed by atoms with Crippen molar-refractivity contribution in [2.45, 2.75) is 27.3 Å². The molecule has 4 heteroatoms. The molecule has 4 nitrogen and oxygen atoms in total. The van der Waals surface area contributed by atoms with Crippen molar-refractivity contribution < 1.29 is 14.6 Å². The summed E-state index contributed by atoms with van der Waals surface area (Å²) in [5.41, 5.74) is 1.14. The van der Waals surface area contributed by atoms with Crippen molar-refractivity contribution in [3.8, 4) is 11.5 Å². The van der Waals surface area contributed by atoms with Crippen LogP contribution in [0.4, 0.5) is 0 Å². The Balaban J connectivity index is 2.60. The van der Waals surface area contributed by atoms with Crippen molar-refractivity contribution in [3.63, 3.8) is 0 Å². The highest BCUT2D eigenvalue weighted by molar-refractivity contribution is 5.41. The molecule has 0 bridgehead atoms. The Hall–Kier alpha value is -1.26. The van der Waals surface area contributed by atoms with Crippen molar-refractivity contribution in [1.82, 2.24) is 4.90 Å². The number of likely N-dealkylation sites (N-methyl/N-ethyl adjacent to an activating group) is 1. The predicted molar refractivity (Wildman–Crippen MR) is 76.7 cm³/mol. The van der Waals surface area contributed by atoms with Crippen LogP contribution in [0.15, 0.2) is 18.2 Å². The molecular weight excluding hydrogens is 242 g/mol. The second-order valence-electron chi connectivity index (χ2n) is 4.30. The van der Waals surface area contributed by atoms with Gasteiger partial charge in [0.2, 0.25) is 0 Å². The fourth-order valence-electron chi connectivity index (χ4n) is 1.87. The van der Waals surface area contributed by atoms with Crippen molar-refractivity contribution in [1.29, 1.82) is 0 Å². The molecule has 0 amide bonds. The van der Waals surface area contributed by atoms with E-state index in [0.717, 1.165) is 38.4 Å². The Labute approximate surface area is 115 Å². The molecule has 1 aromatic carbocycles. The van der Waals surface area contributed by atoms with Crippen LogP contribution in [0.5, 0.6) is 11.5 Å². The highest BCUT2D eigenvalue weighted by Crippen LogP contribution is 2.27. The lowest BCUT2D eigenvalue weighted by Gasteiger charge is -2.20. The molecule has 0 saturated heterocycles. The summed E-state index contributed by atoms with van der Waals surface area (Å²) < 4.78 is 10.8. The van der Waals surface area contributed by atoms with Gasteiger partial charge in [-0.1, -0.05) is 13.0 Å². The Morgan fingerprint density at radius 3 is 2.58 bits per heavy atom. The van der Waals surface area contributed by atoms with Gasteiger partial charge in [-0.15, -0.1) is 0 Å². The third-order valence-corrected chi connectivity index (χ3v) is 2.93. The molecule has 0 aliphatic carbocycles. The van der Waals surface area contributed by atoms with E-state index < -0.39 is 0 Å². The van der Waals surface area contributed by atoms with Gasteiger partial charge in [-0.2, -0.15) is 0 Å². The van der Waals surface area contributed by atoms with Crippen LogP contribution in [0, 0.1) is 0 Å². The Morgan fingerprint density at radius 2 is 1.95 bits per heavy atom. The van der Waals surface area contributed by atoms with Gasteiger partial charge in [0.15, 0.2) is 11.5 Å². The molecule has 0 unspecified atom stereocenters. The molecule has 1 rings (SSSR count). The quantitative estimate of drug-likeness (QED) is 0.698. The third-order valence-electron chi connectivity index (χ3n) is 2.93. The first-order valence-corrected chi connectivity index (χ1v) is 6.96. The van der Waals surface area contributed by atoms with Crippen LogP contribution in [0.3, 0.4) is 0 Å². The number of hydrogen-bond acceptors (Lipinski definition) is 4. The van der Waals surface area contributed by atoms with E-state index in [1.165, 1.54) is 0 Å². The number of phenols is 1. The normalized spacial score (nSPS) is 10.9. The van der Waals surface area contributed by atoms with Crippen molar-refractivity contribution in [2.24, 2.45) is 0 Å². The van der Waals surface area contributed by atoms with Crippen molar-refractivity contribution in [3.05, 3.63) is 23.8 Å². The van der Waals surface area contributed by atoms with Gasteiger partial charge in [0.1, 0.15) is 0 Å². The van der Waals surface area contributed by atoms with Gasteiger partial charge >= 0.3 is 0 Å². The maximum Gasteiger partial charge on any atom is 0.161 e. The molecule has 0 saturated carbocycles. The lowest BCUT2D eigenvalue weighted by atomic mass is 10.2. The average molecular weight is 267 g/mol. The van der Waals surface area contributed by atoms with E-state index in [9.17, 15) is 5.11 Å². The summed E-state index contributed by atoms with van der Waals surface area (Å²) >= 11 is 0. The Bertz CT molecular complexity index is 368. The maximum atomic E-state index is 9.67. The predicted octanol–water partition coefficient (Wildman–Crippen LogP) is 2.65. The number of hydrogen-bond donors (Lipinski definition) is 1. The number of ether oxygens (including phenoxy) is 2. The van der Waals surface area contributed by atoms with Crippen LogP contribution < -0.4 is 4.74 Å². The van der Waals surface area contributed by atoms with Crippen molar-refractivity contribution >= 4 is 0 Å². The van der Waals surface area contributed by atoms with E-state index in [1.807, 2.05) is 26.0 Å². The Morgan fingerprint density at radius 1 is 1.16 bits per heavy atom. The first-order chi connectivity index (χ1) is 9.21. The van der Waals surface area contributed by atoms with Gasteiger partial charge in [-0.25, -0.2) is 0 Å². The summed E-state index contributed by atoms with van der Waals surface area (Å²) in [6, 6.07) is 5.53. The third kappa shape index (κ3) is 5.49. The summed E-state index contributed by atoms with van der Waals surface area (Å²) in [6.45, 7) is 10.8. The van der Waals surface area contributed by atoms with E-state index >= 15 is 0 Å². The molecule has 0 fully saturated rings. The smallest absolute Gasteiger partial charge is 0.161 e. The molecule has 1 N–H and O–H groups in total. The number of rotatable bonds is 9. The lowest BCUT2D eigenvalue weighted by Crippen LogP contribution is -2.27. The topological polar surface area (TPSA) is 41.9 Å². The highest BCUT2D eigenvalue weighted by Gasteiger charge is 2.07. The van der Waals surface area contributed by atoms with E-state index in [0.29, 0.717) is 12.4 Å². The molecule has 19 heavy (non-hydrogen) atoms. The standard InChI is InChI=1S/C15H25NO3/c1-4-16(9-10-18-5-2)12-13-7-8-14(17)15(11-13)19-6-3/h7-8,11,17H,4-6,9-10,12H2,1-3H3. The molecule has 0 heterocycles. The monoisotopic (exact) mass is 267 g/mol. The lowest BCUT2D eigenvalue weighted by molar-refractivity contribution is 0.113. The summed E-state index contributed by atoms with van der Waals surface area (Å²) in [7, 11) is 0. The average Bonchev–Trinajstić information content (AvgIpc) is 2.41. The fourth-order valence-corrected chi connectivity index (χ4v) is 1.87. The van der Waals surface area contributed by atoms with Crippen LogP contribution in [-0.2, 0) is 11.3 Å². The van der Waals surface area contributed by atoms with Crippen LogP contribution >= 0.6 is 0 Å². The summed E-state index contributed by atoms with van der Waals surface area (Å²) in [4.78, 5) is 2.30. The number of nitrogens with zero attached hydrogens (tertiary/aromatic N) is 1. The Kier molecular flexibility index (Phi) is 7.30. The molecular formula is C15H25NO3. The zero-order valence-corrected chi connectivity index (χ0v) is 12.2. The summed E-state index contributed by atoms with van der Waals surface area (Å²) in [5, 5.41) is 9.67. The fraction of sp³-hybridized carbons (Fsp3) is 0.600.